The zero-order valence-corrected chi connectivity index (χ0v) is 19.9. The molecule has 1 fully saturated rings. The van der Waals surface area contributed by atoms with E-state index in [-0.39, 0.29) is 16.9 Å². The lowest BCUT2D eigenvalue weighted by atomic mass is 9.94. The number of amides is 1. The fraction of sp³-hybridized carbons (Fsp3) is 0.214. The molecule has 1 amide bonds. The van der Waals surface area contributed by atoms with Crippen molar-refractivity contribution in [1.82, 2.24) is 0 Å². The van der Waals surface area contributed by atoms with Crippen LogP contribution in [-0.4, -0.2) is 31.0 Å². The molecule has 1 N–H and O–H groups in total. The number of aliphatic hydroxyl groups excluding tert-OH is 1. The predicted molar refractivity (Wildman–Crippen MR) is 131 cm³/mol. The van der Waals surface area contributed by atoms with Gasteiger partial charge in [-0.2, -0.15) is 0 Å². The molecule has 1 aliphatic heterocycles. The van der Waals surface area contributed by atoms with E-state index in [4.69, 9.17) is 9.47 Å². The monoisotopic (exact) mass is 475 g/mol. The maximum Gasteiger partial charge on any atom is 0.300 e. The SMILES string of the molecule is COc1ccc(C2/C(=C(/O)c3ccc(F)cc3)C(=O)C(=O)N2c2ccc(C(C)C)cc2)cc1OC. The van der Waals surface area contributed by atoms with Gasteiger partial charge in [-0.3, -0.25) is 14.5 Å². The van der Waals surface area contributed by atoms with Crippen LogP contribution < -0.4 is 14.4 Å². The maximum absolute atomic E-state index is 13.5. The van der Waals surface area contributed by atoms with E-state index in [0.29, 0.717) is 28.7 Å². The predicted octanol–water partition coefficient (Wildman–Crippen LogP) is 5.59. The summed E-state index contributed by atoms with van der Waals surface area (Å²) in [6.07, 6.45) is 0. The van der Waals surface area contributed by atoms with Crippen molar-refractivity contribution in [1.29, 1.82) is 0 Å². The molecule has 3 aromatic carbocycles. The lowest BCUT2D eigenvalue weighted by molar-refractivity contribution is -0.132. The van der Waals surface area contributed by atoms with Crippen LogP contribution in [0.3, 0.4) is 0 Å². The molecule has 3 aromatic rings. The number of hydrogen-bond donors (Lipinski definition) is 1. The van der Waals surface area contributed by atoms with Gasteiger partial charge in [0.2, 0.25) is 0 Å². The van der Waals surface area contributed by atoms with E-state index >= 15 is 0 Å². The zero-order valence-electron chi connectivity index (χ0n) is 19.9. The summed E-state index contributed by atoms with van der Waals surface area (Å²) in [6.45, 7) is 4.13. The molecule has 180 valence electrons. The topological polar surface area (TPSA) is 76.1 Å². The summed E-state index contributed by atoms with van der Waals surface area (Å²) in [5.74, 6) is -1.29. The Morgan fingerprint density at radius 3 is 2.11 bits per heavy atom. The number of aliphatic hydroxyl groups is 1. The average Bonchev–Trinajstić information content (AvgIpc) is 3.13. The van der Waals surface area contributed by atoms with Crippen molar-refractivity contribution in [3.05, 3.63) is 94.8 Å². The highest BCUT2D eigenvalue weighted by Gasteiger charge is 2.47. The Kier molecular flexibility index (Phi) is 6.60. The highest BCUT2D eigenvalue weighted by Crippen LogP contribution is 2.44. The first-order chi connectivity index (χ1) is 16.8. The first-order valence-corrected chi connectivity index (χ1v) is 11.2. The molecule has 1 aliphatic rings. The van der Waals surface area contributed by atoms with Gasteiger partial charge in [0.05, 0.1) is 25.8 Å². The summed E-state index contributed by atoms with van der Waals surface area (Å²) in [7, 11) is 3.00. The van der Waals surface area contributed by atoms with E-state index in [9.17, 15) is 19.1 Å². The number of halogens is 1. The minimum absolute atomic E-state index is 0.0956. The lowest BCUT2D eigenvalue weighted by Crippen LogP contribution is -2.29. The van der Waals surface area contributed by atoms with Crippen molar-refractivity contribution in [3.63, 3.8) is 0 Å². The van der Waals surface area contributed by atoms with Gasteiger partial charge in [-0.05, 0) is 65.6 Å². The zero-order chi connectivity index (χ0) is 25.3. The smallest absolute Gasteiger partial charge is 0.300 e. The Hall–Kier alpha value is -4.13. The van der Waals surface area contributed by atoms with Crippen molar-refractivity contribution < 1.29 is 28.6 Å². The number of anilines is 1. The molecule has 0 bridgehead atoms. The Bertz CT molecular complexity index is 1300. The van der Waals surface area contributed by atoms with Gasteiger partial charge in [0.1, 0.15) is 11.6 Å². The number of methoxy groups -OCH3 is 2. The Morgan fingerprint density at radius 2 is 1.54 bits per heavy atom. The molecule has 35 heavy (non-hydrogen) atoms. The molecule has 0 radical (unpaired) electrons. The molecule has 0 aromatic heterocycles. The van der Waals surface area contributed by atoms with Gasteiger partial charge in [-0.15, -0.1) is 0 Å². The third-order valence-corrected chi connectivity index (χ3v) is 6.12. The fourth-order valence-corrected chi connectivity index (χ4v) is 4.22. The highest BCUT2D eigenvalue weighted by atomic mass is 19.1. The van der Waals surface area contributed by atoms with E-state index in [1.807, 2.05) is 12.1 Å². The molecule has 1 heterocycles. The number of nitrogens with zero attached hydrogens (tertiary/aromatic N) is 1. The highest BCUT2D eigenvalue weighted by molar-refractivity contribution is 6.51. The molecule has 6 nitrogen and oxygen atoms in total. The van der Waals surface area contributed by atoms with Crippen LogP contribution in [0, 0.1) is 5.82 Å². The van der Waals surface area contributed by atoms with Crippen LogP contribution >= 0.6 is 0 Å². The summed E-state index contributed by atoms with van der Waals surface area (Å²) < 4.78 is 24.2. The first-order valence-electron chi connectivity index (χ1n) is 11.2. The molecule has 1 unspecified atom stereocenters. The minimum atomic E-state index is -0.940. The van der Waals surface area contributed by atoms with E-state index in [1.54, 1.807) is 30.3 Å². The van der Waals surface area contributed by atoms with Gasteiger partial charge >= 0.3 is 0 Å². The van der Waals surface area contributed by atoms with Crippen molar-refractivity contribution in [3.8, 4) is 11.5 Å². The Balaban J connectivity index is 1.93. The third-order valence-electron chi connectivity index (χ3n) is 6.12. The van der Waals surface area contributed by atoms with Crippen molar-refractivity contribution >= 4 is 23.1 Å². The number of carbonyl (C=O) groups is 2. The largest absolute Gasteiger partial charge is 0.507 e. The van der Waals surface area contributed by atoms with Crippen LogP contribution in [-0.2, 0) is 9.59 Å². The molecular formula is C28H26FNO5. The second-order valence-electron chi connectivity index (χ2n) is 8.54. The fourth-order valence-electron chi connectivity index (χ4n) is 4.22. The van der Waals surface area contributed by atoms with Crippen LogP contribution in [0.25, 0.3) is 5.76 Å². The second kappa shape index (κ2) is 9.62. The van der Waals surface area contributed by atoms with Crippen molar-refractivity contribution in [2.75, 3.05) is 19.1 Å². The van der Waals surface area contributed by atoms with E-state index in [2.05, 4.69) is 13.8 Å². The van der Waals surface area contributed by atoms with E-state index < -0.39 is 23.5 Å². The molecule has 7 heteroatoms. The van der Waals surface area contributed by atoms with E-state index in [1.165, 1.54) is 43.4 Å². The Labute approximate surface area is 203 Å². The normalized spacial score (nSPS) is 17.2. The van der Waals surface area contributed by atoms with Gasteiger partial charge in [0, 0.05) is 11.3 Å². The molecule has 4 rings (SSSR count). The molecule has 0 saturated carbocycles. The van der Waals surface area contributed by atoms with E-state index in [0.717, 1.165) is 5.56 Å². The number of carbonyl (C=O) groups excluding carboxylic acids is 2. The second-order valence-corrected chi connectivity index (χ2v) is 8.54. The van der Waals surface area contributed by atoms with Gasteiger partial charge < -0.3 is 14.6 Å². The van der Waals surface area contributed by atoms with Gasteiger partial charge in [0.25, 0.3) is 11.7 Å². The molecule has 0 aliphatic carbocycles. The maximum atomic E-state index is 13.5. The van der Waals surface area contributed by atoms with Crippen LogP contribution in [0.2, 0.25) is 0 Å². The van der Waals surface area contributed by atoms with Gasteiger partial charge in [0.15, 0.2) is 11.5 Å². The number of benzene rings is 3. The van der Waals surface area contributed by atoms with Crippen LogP contribution in [0.4, 0.5) is 10.1 Å². The summed E-state index contributed by atoms with van der Waals surface area (Å²) in [5, 5.41) is 11.1. The quantitative estimate of drug-likeness (QED) is 0.286. The van der Waals surface area contributed by atoms with Crippen LogP contribution in [0.1, 0.15) is 42.5 Å². The number of rotatable bonds is 6. The lowest BCUT2D eigenvalue weighted by Gasteiger charge is -2.26. The molecule has 1 saturated heterocycles. The summed E-state index contributed by atoms with van der Waals surface area (Å²) in [6, 6.07) is 16.6. The summed E-state index contributed by atoms with van der Waals surface area (Å²) in [4.78, 5) is 27.9. The third kappa shape index (κ3) is 4.37. The van der Waals surface area contributed by atoms with Gasteiger partial charge in [-0.25, -0.2) is 4.39 Å². The number of ketones is 1. The van der Waals surface area contributed by atoms with Crippen LogP contribution in [0.15, 0.2) is 72.3 Å². The standard InChI is InChI=1S/C28H26FNO5/c1-16(2)17-7-12-21(13-8-17)30-25(19-9-14-22(34-3)23(15-19)35-4)24(27(32)28(30)33)26(31)18-5-10-20(29)11-6-18/h5-16,25,31H,1-4H3/b26-24-. The molecule has 1 atom stereocenters. The minimum Gasteiger partial charge on any atom is -0.507 e. The Morgan fingerprint density at radius 1 is 0.914 bits per heavy atom. The van der Waals surface area contributed by atoms with Crippen molar-refractivity contribution in [2.24, 2.45) is 0 Å². The summed E-state index contributed by atoms with van der Waals surface area (Å²) >= 11 is 0. The first kappa shape index (κ1) is 24.0. The summed E-state index contributed by atoms with van der Waals surface area (Å²) in [5.41, 5.74) is 2.26. The van der Waals surface area contributed by atoms with Crippen LogP contribution in [0.5, 0.6) is 11.5 Å². The number of hydrogen-bond acceptors (Lipinski definition) is 5. The molecular weight excluding hydrogens is 449 g/mol. The number of ether oxygens (including phenoxy) is 2. The van der Waals surface area contributed by atoms with Gasteiger partial charge in [-0.1, -0.05) is 32.0 Å². The number of Topliss-reactive ketones (excluding diaryl/α,β-unsaturated/α-hetero) is 1. The van der Waals surface area contributed by atoms with Crippen molar-refractivity contribution in [2.45, 2.75) is 25.8 Å². The average molecular weight is 476 g/mol. The molecule has 0 spiro atoms.